The number of nitrogen functional groups attached to an aromatic ring is 1. The summed E-state index contributed by atoms with van der Waals surface area (Å²) < 4.78 is 10.2. The lowest BCUT2D eigenvalue weighted by molar-refractivity contribution is 0.0819. The van der Waals surface area contributed by atoms with Crippen LogP contribution in [0.25, 0.3) is 11.0 Å². The molecule has 0 bridgehead atoms. The van der Waals surface area contributed by atoms with Crippen molar-refractivity contribution in [3.63, 3.8) is 0 Å². The van der Waals surface area contributed by atoms with Crippen LogP contribution in [0.3, 0.4) is 0 Å². The summed E-state index contributed by atoms with van der Waals surface area (Å²) in [5.41, 5.74) is 8.86. The van der Waals surface area contributed by atoms with E-state index in [0.717, 1.165) is 37.1 Å². The van der Waals surface area contributed by atoms with Crippen molar-refractivity contribution >= 4 is 22.4 Å². The number of rotatable bonds is 2. The van der Waals surface area contributed by atoms with Gasteiger partial charge in [0.15, 0.2) is 11.0 Å². The van der Waals surface area contributed by atoms with Gasteiger partial charge in [-0.25, -0.2) is 4.63 Å². The molecule has 1 fully saturated rings. The van der Waals surface area contributed by atoms with Gasteiger partial charge in [-0.2, -0.15) is 0 Å². The molecule has 6 nitrogen and oxygen atoms in total. The Hall–Kier alpha value is -1.82. The number of nitrogens with two attached hydrogens (primary N) is 1. The van der Waals surface area contributed by atoms with Gasteiger partial charge in [0, 0.05) is 20.2 Å². The Kier molecular flexibility index (Phi) is 2.79. The van der Waals surface area contributed by atoms with E-state index in [1.807, 2.05) is 12.1 Å². The highest BCUT2D eigenvalue weighted by Crippen LogP contribution is 2.30. The van der Waals surface area contributed by atoms with Crippen molar-refractivity contribution in [3.8, 4) is 0 Å². The van der Waals surface area contributed by atoms with Gasteiger partial charge in [0.05, 0.1) is 17.5 Å². The Morgan fingerprint density at radius 3 is 2.72 bits per heavy atom. The fraction of sp³-hybridized carbons (Fsp3) is 0.500. The molecule has 0 saturated carbocycles. The molecule has 2 aromatic rings. The van der Waals surface area contributed by atoms with Crippen LogP contribution in [0.4, 0.5) is 11.4 Å². The first-order valence-corrected chi connectivity index (χ1v) is 6.08. The number of nitrogens with zero attached hydrogens (tertiary/aromatic N) is 3. The van der Waals surface area contributed by atoms with Gasteiger partial charge in [-0.15, -0.1) is 0 Å². The summed E-state index contributed by atoms with van der Waals surface area (Å²) in [5, 5.41) is 7.80. The molecule has 3 rings (SSSR count). The predicted molar refractivity (Wildman–Crippen MR) is 68.5 cm³/mol. The van der Waals surface area contributed by atoms with Gasteiger partial charge in [0.2, 0.25) is 0 Å². The molecule has 0 aliphatic carbocycles. The van der Waals surface area contributed by atoms with E-state index < -0.39 is 0 Å². The number of anilines is 2. The van der Waals surface area contributed by atoms with Gasteiger partial charge in [-0.05, 0) is 35.3 Å². The smallest absolute Gasteiger partial charge is 0.160 e. The number of hydrogen-bond donors (Lipinski definition) is 1. The second-order valence-corrected chi connectivity index (χ2v) is 4.56. The van der Waals surface area contributed by atoms with E-state index in [0.29, 0.717) is 17.3 Å². The van der Waals surface area contributed by atoms with Crippen molar-refractivity contribution < 1.29 is 9.37 Å². The second kappa shape index (κ2) is 4.45. The van der Waals surface area contributed by atoms with Crippen LogP contribution in [0, 0.1) is 0 Å². The standard InChI is InChI=1S/C12H16N4O2/c1-17-8-4-6-16(7-5-8)10-3-2-9(13)11-12(10)15-18-14-11/h2-3,8H,4-7,13H2,1H3. The average molecular weight is 248 g/mol. The minimum atomic E-state index is 0.362. The molecule has 1 saturated heterocycles. The summed E-state index contributed by atoms with van der Waals surface area (Å²) >= 11 is 0. The van der Waals surface area contributed by atoms with Gasteiger partial charge in [0.1, 0.15) is 0 Å². The number of benzene rings is 1. The van der Waals surface area contributed by atoms with Gasteiger partial charge in [0.25, 0.3) is 0 Å². The third-order valence-corrected chi connectivity index (χ3v) is 3.54. The van der Waals surface area contributed by atoms with Crippen LogP contribution in [0.2, 0.25) is 0 Å². The molecule has 2 N–H and O–H groups in total. The number of piperidine rings is 1. The van der Waals surface area contributed by atoms with E-state index in [4.69, 9.17) is 15.1 Å². The maximum absolute atomic E-state index is 5.84. The molecule has 1 aliphatic rings. The zero-order valence-electron chi connectivity index (χ0n) is 10.3. The quantitative estimate of drug-likeness (QED) is 0.810. The van der Waals surface area contributed by atoms with Crippen LogP contribution in [0.1, 0.15) is 12.8 Å². The number of ether oxygens (including phenoxy) is 1. The maximum Gasteiger partial charge on any atom is 0.160 e. The van der Waals surface area contributed by atoms with Gasteiger partial charge < -0.3 is 15.4 Å². The Balaban J connectivity index is 1.91. The first-order valence-electron chi connectivity index (χ1n) is 6.08. The Morgan fingerprint density at radius 1 is 1.28 bits per heavy atom. The van der Waals surface area contributed by atoms with Gasteiger partial charge in [-0.3, -0.25) is 0 Å². The minimum Gasteiger partial charge on any atom is -0.397 e. The summed E-state index contributed by atoms with van der Waals surface area (Å²) in [7, 11) is 1.77. The third-order valence-electron chi connectivity index (χ3n) is 3.54. The monoisotopic (exact) mass is 248 g/mol. The summed E-state index contributed by atoms with van der Waals surface area (Å²) in [6, 6.07) is 3.83. The lowest BCUT2D eigenvalue weighted by atomic mass is 10.1. The van der Waals surface area contributed by atoms with E-state index in [-0.39, 0.29) is 0 Å². The van der Waals surface area contributed by atoms with Crippen molar-refractivity contribution in [3.05, 3.63) is 12.1 Å². The molecule has 0 atom stereocenters. The largest absolute Gasteiger partial charge is 0.397 e. The van der Waals surface area contributed by atoms with Crippen LogP contribution in [0.15, 0.2) is 16.8 Å². The maximum atomic E-state index is 5.84. The molecule has 2 heterocycles. The summed E-state index contributed by atoms with van der Waals surface area (Å²) in [6.45, 7) is 1.90. The van der Waals surface area contributed by atoms with Crippen molar-refractivity contribution in [2.45, 2.75) is 18.9 Å². The Labute approximate surface area is 105 Å². The molecule has 1 aromatic heterocycles. The Morgan fingerprint density at radius 2 is 2.00 bits per heavy atom. The zero-order chi connectivity index (χ0) is 12.5. The molecule has 0 unspecified atom stereocenters. The highest BCUT2D eigenvalue weighted by molar-refractivity contribution is 5.95. The summed E-state index contributed by atoms with van der Waals surface area (Å²) in [5.74, 6) is 0. The van der Waals surface area contributed by atoms with Gasteiger partial charge in [-0.1, -0.05) is 0 Å². The lowest BCUT2D eigenvalue weighted by Crippen LogP contribution is -2.36. The van der Waals surface area contributed by atoms with E-state index in [1.165, 1.54) is 0 Å². The van der Waals surface area contributed by atoms with E-state index >= 15 is 0 Å². The molecule has 0 amide bonds. The fourth-order valence-corrected chi connectivity index (χ4v) is 2.46. The highest BCUT2D eigenvalue weighted by atomic mass is 16.6. The van der Waals surface area contributed by atoms with Crippen LogP contribution in [-0.4, -0.2) is 36.6 Å². The highest BCUT2D eigenvalue weighted by Gasteiger charge is 2.22. The number of aromatic nitrogens is 2. The molecule has 96 valence electrons. The van der Waals surface area contributed by atoms with Crippen LogP contribution >= 0.6 is 0 Å². The first-order chi connectivity index (χ1) is 8.79. The van der Waals surface area contributed by atoms with Crippen LogP contribution < -0.4 is 10.6 Å². The van der Waals surface area contributed by atoms with Crippen LogP contribution in [-0.2, 0) is 4.74 Å². The number of methoxy groups -OCH3 is 1. The zero-order valence-corrected chi connectivity index (χ0v) is 10.3. The van der Waals surface area contributed by atoms with Crippen LogP contribution in [0.5, 0.6) is 0 Å². The summed E-state index contributed by atoms with van der Waals surface area (Å²) in [4.78, 5) is 2.28. The van der Waals surface area contributed by atoms with E-state index in [9.17, 15) is 0 Å². The second-order valence-electron chi connectivity index (χ2n) is 4.56. The van der Waals surface area contributed by atoms with E-state index in [2.05, 4.69) is 15.2 Å². The predicted octanol–water partition coefficient (Wildman–Crippen LogP) is 1.42. The minimum absolute atomic E-state index is 0.362. The fourth-order valence-electron chi connectivity index (χ4n) is 2.46. The van der Waals surface area contributed by atoms with E-state index in [1.54, 1.807) is 7.11 Å². The number of fused-ring (bicyclic) bond motifs is 1. The Bertz CT molecular complexity index is 546. The molecule has 18 heavy (non-hydrogen) atoms. The molecular formula is C12H16N4O2. The molecule has 1 aromatic carbocycles. The normalized spacial score (nSPS) is 17.5. The molecular weight excluding hydrogens is 232 g/mol. The molecule has 0 radical (unpaired) electrons. The van der Waals surface area contributed by atoms with Crippen molar-refractivity contribution in [1.29, 1.82) is 0 Å². The van der Waals surface area contributed by atoms with Crippen molar-refractivity contribution in [2.75, 3.05) is 30.8 Å². The lowest BCUT2D eigenvalue weighted by Gasteiger charge is -2.32. The molecule has 0 spiro atoms. The topological polar surface area (TPSA) is 77.4 Å². The molecule has 6 heteroatoms. The SMILES string of the molecule is COC1CCN(c2ccc(N)c3nonc23)CC1. The first kappa shape index (κ1) is 11.3. The third kappa shape index (κ3) is 1.78. The van der Waals surface area contributed by atoms with Crippen molar-refractivity contribution in [1.82, 2.24) is 10.3 Å². The summed E-state index contributed by atoms with van der Waals surface area (Å²) in [6.07, 6.45) is 2.40. The average Bonchev–Trinajstić information content (AvgIpc) is 2.90. The van der Waals surface area contributed by atoms with Crippen molar-refractivity contribution in [2.24, 2.45) is 0 Å². The number of hydrogen-bond acceptors (Lipinski definition) is 6. The molecule has 1 aliphatic heterocycles. The van der Waals surface area contributed by atoms with Gasteiger partial charge >= 0.3 is 0 Å².